The lowest BCUT2D eigenvalue weighted by atomic mass is 9.93. The molecule has 0 radical (unpaired) electrons. The first kappa shape index (κ1) is 28.8. The molecule has 36 heavy (non-hydrogen) atoms. The van der Waals surface area contributed by atoms with Gasteiger partial charge in [0.25, 0.3) is 0 Å². The van der Waals surface area contributed by atoms with Crippen LogP contribution in [0.4, 0.5) is 4.79 Å². The number of halogens is 1. The van der Waals surface area contributed by atoms with Gasteiger partial charge in [0, 0.05) is 34.0 Å². The standard InChI is InChI=1S/C27H43IN4O4/c1-19-17-22(35-16-6-7-20-11-13-30-14-12-20)10-9-21(19)18-23(31-26(34)36-27(2,3)4)25(33)32-15-5-8-24(32)28-29/h9-10,17,20,23-24,29-30H,5-8,11-16,18H2,1-4H3,(H,31,34)/t23-,24-/m0/s1. The van der Waals surface area contributed by atoms with Gasteiger partial charge in [-0.05, 0) is 108 Å². The van der Waals surface area contributed by atoms with Gasteiger partial charge in [-0.2, -0.15) is 0 Å². The van der Waals surface area contributed by atoms with E-state index in [1.807, 2.05) is 25.1 Å². The average molecular weight is 615 g/mol. The normalized spacial score (nSPS) is 19.7. The second-order valence-corrected chi connectivity index (χ2v) is 13.0. The third-order valence-electron chi connectivity index (χ3n) is 6.80. The summed E-state index contributed by atoms with van der Waals surface area (Å²) in [5.74, 6) is 1.52. The Kier molecular flexibility index (Phi) is 11.0. The summed E-state index contributed by atoms with van der Waals surface area (Å²) < 4.78 is 19.4. The molecule has 1 aromatic rings. The van der Waals surface area contributed by atoms with Crippen molar-refractivity contribution in [2.24, 2.45) is 5.92 Å². The number of nitrogens with one attached hydrogen (secondary N) is 3. The number of carbonyl (C=O) groups excluding carboxylic acids is 2. The van der Waals surface area contributed by atoms with Gasteiger partial charge in [-0.25, -0.2) is 4.79 Å². The quantitative estimate of drug-likeness (QED) is 0.144. The number of aryl methyl sites for hydroxylation is 1. The number of hydrogen-bond donors (Lipinski definition) is 3. The van der Waals surface area contributed by atoms with Crippen LogP contribution in [0.2, 0.25) is 0 Å². The van der Waals surface area contributed by atoms with E-state index >= 15 is 0 Å². The molecular formula is C27H43IN4O4. The van der Waals surface area contributed by atoms with Gasteiger partial charge < -0.3 is 25.0 Å². The van der Waals surface area contributed by atoms with Crippen molar-refractivity contribution < 1.29 is 19.1 Å². The van der Waals surface area contributed by atoms with Gasteiger partial charge in [0.2, 0.25) is 5.91 Å². The van der Waals surface area contributed by atoms with E-state index < -0.39 is 38.8 Å². The molecule has 2 aliphatic rings. The lowest BCUT2D eigenvalue weighted by Gasteiger charge is -2.28. The van der Waals surface area contributed by atoms with Gasteiger partial charge in [-0.15, -0.1) is 0 Å². The van der Waals surface area contributed by atoms with Gasteiger partial charge in [0.1, 0.15) is 17.4 Å². The summed E-state index contributed by atoms with van der Waals surface area (Å²) in [6.45, 7) is 11.0. The zero-order valence-corrected chi connectivity index (χ0v) is 24.4. The summed E-state index contributed by atoms with van der Waals surface area (Å²) in [5.41, 5.74) is 1.37. The van der Waals surface area contributed by atoms with Crippen LogP contribution in [0, 0.1) is 16.4 Å². The molecule has 8 nitrogen and oxygen atoms in total. The van der Waals surface area contributed by atoms with Crippen LogP contribution in [0.1, 0.15) is 70.4 Å². The molecule has 2 heterocycles. The summed E-state index contributed by atoms with van der Waals surface area (Å²) in [4.78, 5) is 27.8. The number of piperidine rings is 1. The molecule has 0 aliphatic carbocycles. The number of likely N-dealkylation sites (tertiary alicyclic amines) is 1. The summed E-state index contributed by atoms with van der Waals surface area (Å²) in [6.07, 6.45) is 6.35. The fourth-order valence-electron chi connectivity index (χ4n) is 4.88. The molecule has 0 bridgehead atoms. The Labute approximate surface area is 226 Å². The molecule has 0 saturated carbocycles. The van der Waals surface area contributed by atoms with Gasteiger partial charge in [0.15, 0.2) is 0 Å². The Morgan fingerprint density at radius 2 is 2.00 bits per heavy atom. The molecule has 2 fully saturated rings. The molecule has 3 rings (SSSR count). The molecule has 2 atom stereocenters. The van der Waals surface area contributed by atoms with E-state index in [9.17, 15) is 9.59 Å². The van der Waals surface area contributed by atoms with E-state index in [1.54, 1.807) is 25.7 Å². The van der Waals surface area contributed by atoms with Gasteiger partial charge in [-0.3, -0.25) is 8.36 Å². The fourth-order valence-corrected chi connectivity index (χ4v) is 6.52. The van der Waals surface area contributed by atoms with E-state index in [-0.39, 0.29) is 9.96 Å². The van der Waals surface area contributed by atoms with Crippen molar-refractivity contribution in [2.45, 2.75) is 88.3 Å². The predicted molar refractivity (Wildman–Crippen MR) is 150 cm³/mol. The van der Waals surface area contributed by atoms with Crippen LogP contribution >= 0.6 is 21.0 Å². The SMILES string of the molecule is Cc1cc(OCCCC2CCNCC2)ccc1C[C@H](NC(=O)OC(C)(C)C)C(=O)N1CCC[C@H]1I=N. The number of carbonyl (C=O) groups is 2. The Morgan fingerprint density at radius 1 is 1.25 bits per heavy atom. The highest BCUT2D eigenvalue weighted by molar-refractivity contribution is 14.1. The highest BCUT2D eigenvalue weighted by Crippen LogP contribution is 2.28. The third-order valence-corrected chi connectivity index (χ3v) is 8.81. The lowest BCUT2D eigenvalue weighted by molar-refractivity contribution is -0.132. The maximum Gasteiger partial charge on any atom is 0.408 e. The van der Waals surface area contributed by atoms with Crippen LogP contribution in [-0.2, 0) is 16.0 Å². The molecule has 202 valence electrons. The summed E-state index contributed by atoms with van der Waals surface area (Å²) in [5, 5.41) is 6.23. The zero-order chi connectivity index (χ0) is 26.1. The number of rotatable bonds is 10. The van der Waals surface area contributed by atoms with Crippen LogP contribution in [-0.4, -0.2) is 58.8 Å². The van der Waals surface area contributed by atoms with Crippen molar-refractivity contribution in [3.05, 3.63) is 29.3 Å². The molecule has 3 N–H and O–H groups in total. The average Bonchev–Trinajstić information content (AvgIpc) is 3.31. The third kappa shape index (κ3) is 8.97. The number of nitrogens with zero attached hydrogens (tertiary/aromatic N) is 1. The minimum absolute atomic E-state index is 0.0148. The Hall–Kier alpha value is -1.75. The van der Waals surface area contributed by atoms with E-state index in [4.69, 9.17) is 13.0 Å². The van der Waals surface area contributed by atoms with Crippen LogP contribution in [0.3, 0.4) is 0 Å². The molecule has 9 heteroatoms. The molecular weight excluding hydrogens is 571 g/mol. The zero-order valence-electron chi connectivity index (χ0n) is 22.2. The molecule has 2 saturated heterocycles. The largest absolute Gasteiger partial charge is 0.494 e. The van der Waals surface area contributed by atoms with Crippen molar-refractivity contribution in [3.8, 4) is 5.75 Å². The second-order valence-electron chi connectivity index (χ2n) is 10.9. The summed E-state index contributed by atoms with van der Waals surface area (Å²) >= 11 is -0.832. The summed E-state index contributed by atoms with van der Waals surface area (Å²) in [6, 6.07) is 5.23. The van der Waals surface area contributed by atoms with Crippen LogP contribution in [0.15, 0.2) is 18.2 Å². The van der Waals surface area contributed by atoms with E-state index in [1.165, 1.54) is 19.3 Å². The Morgan fingerprint density at radius 3 is 2.67 bits per heavy atom. The smallest absolute Gasteiger partial charge is 0.408 e. The van der Waals surface area contributed by atoms with Gasteiger partial charge in [-0.1, -0.05) is 6.07 Å². The first-order chi connectivity index (χ1) is 17.2. The molecule has 2 aliphatic heterocycles. The highest BCUT2D eigenvalue weighted by atomic mass is 127. The van der Waals surface area contributed by atoms with E-state index in [0.29, 0.717) is 19.6 Å². The van der Waals surface area contributed by atoms with Gasteiger partial charge >= 0.3 is 6.09 Å². The maximum atomic E-state index is 13.5. The molecule has 0 aromatic heterocycles. The van der Waals surface area contributed by atoms with Crippen LogP contribution in [0.25, 0.3) is 0 Å². The number of amides is 2. The number of hydrogen-bond acceptors (Lipinski definition) is 6. The van der Waals surface area contributed by atoms with Crippen molar-refractivity contribution in [2.75, 3.05) is 26.2 Å². The van der Waals surface area contributed by atoms with E-state index in [0.717, 1.165) is 55.1 Å². The maximum absolute atomic E-state index is 13.5. The molecule has 1 aromatic carbocycles. The molecule has 0 spiro atoms. The monoisotopic (exact) mass is 614 g/mol. The van der Waals surface area contributed by atoms with Crippen molar-refractivity contribution >= 4 is 33.0 Å². The van der Waals surface area contributed by atoms with Crippen molar-refractivity contribution in [1.29, 1.82) is 3.56 Å². The fraction of sp³-hybridized carbons (Fsp3) is 0.704. The number of benzene rings is 1. The molecule has 2 amide bonds. The first-order valence-electron chi connectivity index (χ1n) is 13.2. The summed E-state index contributed by atoms with van der Waals surface area (Å²) in [7, 11) is 0. The van der Waals surface area contributed by atoms with Crippen molar-refractivity contribution in [3.63, 3.8) is 0 Å². The van der Waals surface area contributed by atoms with Crippen LogP contribution < -0.4 is 15.4 Å². The Bertz CT molecular complexity index is 898. The lowest BCUT2D eigenvalue weighted by Crippen LogP contribution is -2.51. The minimum Gasteiger partial charge on any atom is -0.494 e. The topological polar surface area (TPSA) is 104 Å². The highest BCUT2D eigenvalue weighted by Gasteiger charge is 2.34. The number of alkyl carbamates (subject to hydrolysis) is 1. The first-order valence-corrected chi connectivity index (χ1v) is 15.5. The minimum atomic E-state index is -0.832. The van der Waals surface area contributed by atoms with E-state index in [2.05, 4.69) is 10.6 Å². The second kappa shape index (κ2) is 13.7. The predicted octanol–water partition coefficient (Wildman–Crippen LogP) is 5.27. The van der Waals surface area contributed by atoms with Crippen LogP contribution in [0.5, 0.6) is 5.75 Å². The van der Waals surface area contributed by atoms with Gasteiger partial charge in [0.05, 0.1) is 10.7 Å². The number of ether oxygens (including phenoxy) is 2. The molecule has 0 unspecified atom stereocenters. The van der Waals surface area contributed by atoms with Crippen molar-refractivity contribution in [1.82, 2.24) is 15.5 Å². The number of alkyl halides is 1. The Balaban J connectivity index is 1.62.